The van der Waals surface area contributed by atoms with Crippen LogP contribution in [0.2, 0.25) is 5.02 Å². The number of carboxylic acids is 1. The van der Waals surface area contributed by atoms with Crippen LogP contribution >= 0.6 is 22.9 Å². The van der Waals surface area contributed by atoms with E-state index in [9.17, 15) is 23.1 Å². The molecule has 2 N–H and O–H groups in total. The number of rotatable bonds is 2. The first kappa shape index (κ1) is 22.8. The number of carbonyl (C=O) groups excluding carboxylic acids is 1. The van der Waals surface area contributed by atoms with Gasteiger partial charge in [-0.05, 0) is 33.3 Å². The molecule has 0 bridgehead atoms. The van der Waals surface area contributed by atoms with Gasteiger partial charge in [-0.15, -0.1) is 11.3 Å². The molecule has 166 valence electrons. The second-order valence-corrected chi connectivity index (χ2v) is 11.5. The monoisotopic (exact) mass is 479 g/mol. The molecular weight excluding hydrogens is 458 g/mol. The molecule has 0 spiro atoms. The number of thiophene rings is 1. The molecule has 13 heteroatoms. The number of sulfonamides is 1. The van der Waals surface area contributed by atoms with Crippen molar-refractivity contribution in [3.63, 3.8) is 0 Å². The largest absolute Gasteiger partial charge is 0.477 e. The SMILES string of the molecule is CN1C(NC(=O)OC(C)(C)C)=NC2(c3sc(C(=O)O)cc3Cl)COCCC2S1(=O)=O. The smallest absolute Gasteiger partial charge is 0.414 e. The summed E-state index contributed by atoms with van der Waals surface area (Å²) in [6, 6.07) is 1.26. The molecule has 1 saturated heterocycles. The molecule has 2 aliphatic heterocycles. The van der Waals surface area contributed by atoms with E-state index in [4.69, 9.17) is 21.1 Å². The normalized spacial score (nSPS) is 25.8. The van der Waals surface area contributed by atoms with Gasteiger partial charge in [0.2, 0.25) is 16.0 Å². The van der Waals surface area contributed by atoms with Crippen LogP contribution < -0.4 is 5.32 Å². The Kier molecular flexibility index (Phi) is 5.82. The van der Waals surface area contributed by atoms with Crippen molar-refractivity contribution in [2.24, 2.45) is 4.99 Å². The number of hydrogen-bond donors (Lipinski definition) is 2. The highest BCUT2D eigenvalue weighted by atomic mass is 35.5. The average molecular weight is 480 g/mol. The minimum Gasteiger partial charge on any atom is -0.477 e. The summed E-state index contributed by atoms with van der Waals surface area (Å²) >= 11 is 7.15. The number of guanidine groups is 1. The molecule has 0 saturated carbocycles. The van der Waals surface area contributed by atoms with Crippen LogP contribution in [0, 0.1) is 0 Å². The first-order valence-electron chi connectivity index (χ1n) is 8.96. The van der Waals surface area contributed by atoms with E-state index in [1.165, 1.54) is 13.1 Å². The highest BCUT2D eigenvalue weighted by Crippen LogP contribution is 2.48. The Morgan fingerprint density at radius 2 is 2.13 bits per heavy atom. The van der Waals surface area contributed by atoms with E-state index in [1.54, 1.807) is 20.8 Å². The number of aromatic carboxylic acids is 1. The van der Waals surface area contributed by atoms with Crippen LogP contribution in [-0.4, -0.2) is 67.0 Å². The number of fused-ring (bicyclic) bond motifs is 1. The highest BCUT2D eigenvalue weighted by molar-refractivity contribution is 7.90. The summed E-state index contributed by atoms with van der Waals surface area (Å²) in [5.41, 5.74) is -2.30. The van der Waals surface area contributed by atoms with Crippen LogP contribution in [0.5, 0.6) is 0 Å². The van der Waals surface area contributed by atoms with Crippen LogP contribution in [-0.2, 0) is 25.0 Å². The van der Waals surface area contributed by atoms with Crippen molar-refractivity contribution in [3.05, 3.63) is 20.8 Å². The van der Waals surface area contributed by atoms with Crippen LogP contribution in [0.3, 0.4) is 0 Å². The van der Waals surface area contributed by atoms with Gasteiger partial charge in [0.25, 0.3) is 0 Å². The molecule has 10 nitrogen and oxygen atoms in total. The third kappa shape index (κ3) is 4.01. The summed E-state index contributed by atoms with van der Waals surface area (Å²) in [7, 11) is -2.70. The molecule has 0 radical (unpaired) electrons. The topological polar surface area (TPSA) is 135 Å². The second-order valence-electron chi connectivity index (χ2n) is 7.92. The van der Waals surface area contributed by atoms with E-state index >= 15 is 0 Å². The Morgan fingerprint density at radius 1 is 1.47 bits per heavy atom. The fourth-order valence-corrected chi connectivity index (χ4v) is 6.78. The van der Waals surface area contributed by atoms with Gasteiger partial charge in [-0.3, -0.25) is 5.32 Å². The predicted octanol–water partition coefficient (Wildman–Crippen LogP) is 2.24. The molecular formula is C17H22ClN3O7S2. The minimum absolute atomic E-state index is 0.0538. The summed E-state index contributed by atoms with van der Waals surface area (Å²) < 4.78 is 38.2. The van der Waals surface area contributed by atoms with Gasteiger partial charge >= 0.3 is 12.1 Å². The van der Waals surface area contributed by atoms with E-state index in [0.717, 1.165) is 15.6 Å². The number of hydrogen-bond acceptors (Lipinski definition) is 8. The Morgan fingerprint density at radius 3 is 2.70 bits per heavy atom. The first-order chi connectivity index (χ1) is 13.8. The van der Waals surface area contributed by atoms with E-state index in [1.807, 2.05) is 0 Å². The van der Waals surface area contributed by atoms with Crippen molar-refractivity contribution in [2.75, 3.05) is 20.3 Å². The van der Waals surface area contributed by atoms with Crippen LogP contribution in [0.1, 0.15) is 41.7 Å². The van der Waals surface area contributed by atoms with Gasteiger partial charge in [-0.2, -0.15) is 0 Å². The Labute approximate surface area is 182 Å². The molecule has 1 aromatic rings. The quantitative estimate of drug-likeness (QED) is 0.664. The molecule has 1 amide bonds. The lowest BCUT2D eigenvalue weighted by Crippen LogP contribution is -2.62. The Balaban J connectivity index is 2.15. The Bertz CT molecular complexity index is 1020. The van der Waals surface area contributed by atoms with Gasteiger partial charge in [0, 0.05) is 13.7 Å². The molecule has 0 aliphatic carbocycles. The van der Waals surface area contributed by atoms with E-state index in [0.29, 0.717) is 0 Å². The maximum absolute atomic E-state index is 13.3. The first-order valence-corrected chi connectivity index (χ1v) is 11.7. The van der Waals surface area contributed by atoms with Gasteiger partial charge in [-0.1, -0.05) is 11.6 Å². The lowest BCUT2D eigenvalue weighted by Gasteiger charge is -2.45. The summed E-state index contributed by atoms with van der Waals surface area (Å²) in [5.74, 6) is -1.45. The lowest BCUT2D eigenvalue weighted by atomic mass is 9.90. The number of amides is 1. The zero-order chi connectivity index (χ0) is 22.5. The molecule has 30 heavy (non-hydrogen) atoms. The fraction of sp³-hybridized carbons (Fsp3) is 0.588. The summed E-state index contributed by atoms with van der Waals surface area (Å²) in [4.78, 5) is 28.4. The second kappa shape index (κ2) is 7.66. The van der Waals surface area contributed by atoms with E-state index in [2.05, 4.69) is 10.3 Å². The van der Waals surface area contributed by atoms with Crippen molar-refractivity contribution >= 4 is 51.0 Å². The molecule has 1 aromatic heterocycles. The molecule has 1 fully saturated rings. The maximum Gasteiger partial charge on any atom is 0.414 e. The third-order valence-electron chi connectivity index (χ3n) is 4.63. The van der Waals surface area contributed by atoms with Crippen molar-refractivity contribution in [2.45, 2.75) is 43.6 Å². The van der Waals surface area contributed by atoms with Crippen molar-refractivity contribution < 1.29 is 32.6 Å². The molecule has 3 rings (SSSR count). The molecule has 3 heterocycles. The standard InChI is InChI=1S/C17H22ClN3O7S2/c1-16(2,3)28-15(24)19-14-20-17(12-9(18)7-10(29-12)13(22)23)8-27-6-5-11(17)30(25,26)21(14)4/h7,11H,5-6,8H2,1-4H3,(H,22,23)(H,19,20,24). The van der Waals surface area contributed by atoms with E-state index in [-0.39, 0.29) is 40.4 Å². The van der Waals surface area contributed by atoms with Gasteiger partial charge in [-0.25, -0.2) is 27.3 Å². The van der Waals surface area contributed by atoms with Crippen LogP contribution in [0.15, 0.2) is 11.1 Å². The minimum atomic E-state index is -3.98. The molecule has 2 aliphatic rings. The molecule has 0 aromatic carbocycles. The zero-order valence-electron chi connectivity index (χ0n) is 16.8. The average Bonchev–Trinajstić information content (AvgIpc) is 3.01. The molecule has 2 unspecified atom stereocenters. The fourth-order valence-electron chi connectivity index (χ4n) is 3.35. The Hall–Kier alpha value is -1.89. The van der Waals surface area contributed by atoms with Gasteiger partial charge in [0.15, 0.2) is 0 Å². The lowest BCUT2D eigenvalue weighted by molar-refractivity contribution is 0.0380. The van der Waals surface area contributed by atoms with Crippen molar-refractivity contribution in [1.82, 2.24) is 9.62 Å². The van der Waals surface area contributed by atoms with Gasteiger partial charge in [0.1, 0.15) is 21.3 Å². The highest BCUT2D eigenvalue weighted by Gasteiger charge is 2.57. The third-order valence-corrected chi connectivity index (χ3v) is 8.61. The van der Waals surface area contributed by atoms with Crippen LogP contribution in [0.25, 0.3) is 0 Å². The number of ether oxygens (including phenoxy) is 2. The van der Waals surface area contributed by atoms with Gasteiger partial charge < -0.3 is 14.6 Å². The number of nitrogens with zero attached hydrogens (tertiary/aromatic N) is 2. The predicted molar refractivity (Wildman–Crippen MR) is 111 cm³/mol. The molecule has 2 atom stereocenters. The van der Waals surface area contributed by atoms with Crippen LogP contribution in [0.4, 0.5) is 4.79 Å². The zero-order valence-corrected chi connectivity index (χ0v) is 19.2. The summed E-state index contributed by atoms with van der Waals surface area (Å²) in [5, 5.41) is 10.7. The maximum atomic E-state index is 13.3. The van der Waals surface area contributed by atoms with Crippen molar-refractivity contribution in [1.29, 1.82) is 0 Å². The summed E-state index contributed by atoms with van der Waals surface area (Å²) in [6.45, 7) is 5.06. The van der Waals surface area contributed by atoms with Crippen molar-refractivity contribution in [3.8, 4) is 0 Å². The van der Waals surface area contributed by atoms with Gasteiger partial charge in [0.05, 0.1) is 16.5 Å². The summed E-state index contributed by atoms with van der Waals surface area (Å²) in [6.07, 6.45) is -0.746. The number of alkyl carbamates (subject to hydrolysis) is 1. The number of aliphatic imine (C=N–C) groups is 1. The number of carbonyl (C=O) groups is 2. The van der Waals surface area contributed by atoms with E-state index < -0.39 is 38.5 Å². The number of nitrogens with one attached hydrogen (secondary N) is 1. The number of carboxylic acid groups (broad SMARTS) is 1. The number of halogens is 1.